The van der Waals surface area contributed by atoms with E-state index in [-0.39, 0.29) is 41.2 Å². The fraction of sp³-hybridized carbons (Fsp3) is 0.207. The summed E-state index contributed by atoms with van der Waals surface area (Å²) < 4.78 is 36.6. The van der Waals surface area contributed by atoms with Crippen molar-refractivity contribution in [1.82, 2.24) is 4.57 Å². The van der Waals surface area contributed by atoms with Gasteiger partial charge in [-0.15, -0.1) is 0 Å². The lowest BCUT2D eigenvalue weighted by molar-refractivity contribution is 0.387. The molecule has 0 saturated heterocycles. The van der Waals surface area contributed by atoms with Gasteiger partial charge in [-0.1, -0.05) is 60.7 Å². The largest absolute Gasteiger partial charge is 0.494 e. The van der Waals surface area contributed by atoms with Gasteiger partial charge in [-0.25, -0.2) is 8.78 Å². The first kappa shape index (κ1) is 24.4. The zero-order valence-electron chi connectivity index (χ0n) is 20.0. The molecular formula is C29H28F2N2O2. The molecule has 4 aromatic rings. The van der Waals surface area contributed by atoms with E-state index in [9.17, 15) is 9.18 Å². The molecule has 1 aromatic heterocycles. The fourth-order valence-electron chi connectivity index (χ4n) is 4.53. The van der Waals surface area contributed by atoms with Gasteiger partial charge in [0.1, 0.15) is 5.82 Å². The van der Waals surface area contributed by atoms with Crippen LogP contribution in [0.1, 0.15) is 34.0 Å². The highest BCUT2D eigenvalue weighted by Crippen LogP contribution is 2.32. The summed E-state index contributed by atoms with van der Waals surface area (Å²) in [6, 6.07) is 20.3. The van der Waals surface area contributed by atoms with Gasteiger partial charge in [0, 0.05) is 30.3 Å². The molecular weight excluding hydrogens is 446 g/mol. The van der Waals surface area contributed by atoms with Crippen molar-refractivity contribution in [3.8, 4) is 16.9 Å². The summed E-state index contributed by atoms with van der Waals surface area (Å²) in [6.45, 7) is 3.80. The van der Waals surface area contributed by atoms with E-state index in [1.807, 2.05) is 37.3 Å². The number of methoxy groups -OCH3 is 1. The van der Waals surface area contributed by atoms with Gasteiger partial charge in [0.2, 0.25) is 0 Å². The molecule has 4 nitrogen and oxygen atoms in total. The van der Waals surface area contributed by atoms with Crippen LogP contribution in [0.3, 0.4) is 0 Å². The minimum atomic E-state index is -0.616. The number of aromatic nitrogens is 1. The molecule has 0 aliphatic rings. The van der Waals surface area contributed by atoms with Gasteiger partial charge in [0.05, 0.1) is 12.7 Å². The lowest BCUT2D eigenvalue weighted by Gasteiger charge is -2.23. The Morgan fingerprint density at radius 2 is 1.63 bits per heavy atom. The Bertz CT molecular complexity index is 1410. The topological polar surface area (TPSA) is 57.2 Å². The molecule has 1 atom stereocenters. The third-order valence-electron chi connectivity index (χ3n) is 6.51. The summed E-state index contributed by atoms with van der Waals surface area (Å²) in [7, 11) is 1.38. The zero-order chi connectivity index (χ0) is 25.1. The number of ether oxygens (including phenoxy) is 1. The first-order chi connectivity index (χ1) is 16.8. The monoisotopic (exact) mass is 474 g/mol. The van der Waals surface area contributed by atoms with Crippen molar-refractivity contribution in [2.24, 2.45) is 5.73 Å². The fourth-order valence-corrected chi connectivity index (χ4v) is 4.53. The number of rotatable bonds is 7. The Hall–Kier alpha value is -3.77. The van der Waals surface area contributed by atoms with Crippen LogP contribution in [-0.2, 0) is 13.0 Å². The maximum absolute atomic E-state index is 15.3. The highest BCUT2D eigenvalue weighted by molar-refractivity contribution is 5.70. The predicted molar refractivity (Wildman–Crippen MR) is 135 cm³/mol. The number of hydrogen-bond acceptors (Lipinski definition) is 3. The van der Waals surface area contributed by atoms with E-state index in [4.69, 9.17) is 10.5 Å². The molecule has 4 rings (SSSR count). The standard InChI is InChI=1S/C29H28F2N2O2/c1-18-23(16-21-12-7-8-14-24(21)30)19(2)33(17-25(32)20-10-5-4-6-11-20)29(34)27(18)22-13-9-15-26(35-3)28(22)31/h4-15,25H,16-17,32H2,1-3H3. The summed E-state index contributed by atoms with van der Waals surface area (Å²) in [5, 5.41) is 0. The van der Waals surface area contributed by atoms with E-state index in [0.717, 1.165) is 11.1 Å². The third-order valence-corrected chi connectivity index (χ3v) is 6.51. The van der Waals surface area contributed by atoms with Crippen molar-refractivity contribution in [2.45, 2.75) is 32.9 Å². The van der Waals surface area contributed by atoms with Crippen molar-refractivity contribution in [3.05, 3.63) is 123 Å². The van der Waals surface area contributed by atoms with Crippen LogP contribution in [0.15, 0.2) is 77.6 Å². The maximum Gasteiger partial charge on any atom is 0.259 e. The second-order valence-electron chi connectivity index (χ2n) is 8.59. The maximum atomic E-state index is 15.3. The van der Waals surface area contributed by atoms with Crippen LogP contribution in [0, 0.1) is 25.5 Å². The van der Waals surface area contributed by atoms with Gasteiger partial charge >= 0.3 is 0 Å². The predicted octanol–water partition coefficient (Wildman–Crippen LogP) is 5.71. The van der Waals surface area contributed by atoms with E-state index in [2.05, 4.69) is 0 Å². The molecule has 0 fully saturated rings. The van der Waals surface area contributed by atoms with Gasteiger partial charge in [0.15, 0.2) is 11.6 Å². The zero-order valence-corrected chi connectivity index (χ0v) is 20.0. The molecule has 2 N–H and O–H groups in total. The number of halogens is 2. The molecule has 35 heavy (non-hydrogen) atoms. The van der Waals surface area contributed by atoms with Crippen LogP contribution in [-0.4, -0.2) is 11.7 Å². The number of nitrogens with two attached hydrogens (primary N) is 1. The van der Waals surface area contributed by atoms with Crippen molar-refractivity contribution in [2.75, 3.05) is 7.11 Å². The lowest BCUT2D eigenvalue weighted by atomic mass is 9.92. The van der Waals surface area contributed by atoms with E-state index >= 15 is 4.39 Å². The molecule has 0 saturated carbocycles. The average Bonchev–Trinajstić information content (AvgIpc) is 2.87. The lowest BCUT2D eigenvalue weighted by Crippen LogP contribution is -2.31. The average molecular weight is 475 g/mol. The number of benzene rings is 3. The second-order valence-corrected chi connectivity index (χ2v) is 8.59. The second kappa shape index (κ2) is 10.2. The van der Waals surface area contributed by atoms with E-state index < -0.39 is 11.9 Å². The van der Waals surface area contributed by atoms with Crippen LogP contribution < -0.4 is 16.0 Å². The molecule has 6 heteroatoms. The van der Waals surface area contributed by atoms with Crippen LogP contribution in [0.4, 0.5) is 8.78 Å². The Kier molecular flexibility index (Phi) is 7.12. The quantitative estimate of drug-likeness (QED) is 0.373. The Morgan fingerprint density at radius 1 is 0.943 bits per heavy atom. The van der Waals surface area contributed by atoms with Crippen LogP contribution >= 0.6 is 0 Å². The summed E-state index contributed by atoms with van der Waals surface area (Å²) >= 11 is 0. The van der Waals surface area contributed by atoms with Crippen molar-refractivity contribution < 1.29 is 13.5 Å². The van der Waals surface area contributed by atoms with E-state index in [1.54, 1.807) is 41.8 Å². The Balaban J connectivity index is 1.94. The minimum Gasteiger partial charge on any atom is -0.494 e. The number of hydrogen-bond donors (Lipinski definition) is 1. The normalized spacial score (nSPS) is 11.9. The Morgan fingerprint density at radius 3 is 2.31 bits per heavy atom. The van der Waals surface area contributed by atoms with Crippen molar-refractivity contribution in [1.29, 1.82) is 0 Å². The van der Waals surface area contributed by atoms with Gasteiger partial charge in [-0.3, -0.25) is 4.79 Å². The molecule has 0 radical (unpaired) electrons. The first-order valence-corrected chi connectivity index (χ1v) is 11.4. The van der Waals surface area contributed by atoms with Gasteiger partial charge in [-0.2, -0.15) is 0 Å². The molecule has 0 aliphatic heterocycles. The van der Waals surface area contributed by atoms with Crippen molar-refractivity contribution >= 4 is 0 Å². The molecule has 0 aliphatic carbocycles. The molecule has 0 bridgehead atoms. The van der Waals surface area contributed by atoms with Crippen LogP contribution in [0.2, 0.25) is 0 Å². The molecule has 3 aromatic carbocycles. The van der Waals surface area contributed by atoms with Gasteiger partial charge < -0.3 is 15.0 Å². The highest BCUT2D eigenvalue weighted by Gasteiger charge is 2.23. The number of pyridine rings is 1. The summed E-state index contributed by atoms with van der Waals surface area (Å²) in [6.07, 6.45) is 0.254. The highest BCUT2D eigenvalue weighted by atomic mass is 19.1. The van der Waals surface area contributed by atoms with Gasteiger partial charge in [0.25, 0.3) is 5.56 Å². The van der Waals surface area contributed by atoms with E-state index in [1.165, 1.54) is 19.2 Å². The molecule has 180 valence electrons. The summed E-state index contributed by atoms with van der Waals surface area (Å²) in [5.41, 5.74) is 9.90. The third kappa shape index (κ3) is 4.75. The molecule has 1 heterocycles. The molecule has 0 spiro atoms. The van der Waals surface area contributed by atoms with Crippen LogP contribution in [0.25, 0.3) is 11.1 Å². The minimum absolute atomic E-state index is 0.0464. The van der Waals surface area contributed by atoms with Crippen LogP contribution in [0.5, 0.6) is 5.75 Å². The van der Waals surface area contributed by atoms with Crippen molar-refractivity contribution in [3.63, 3.8) is 0 Å². The summed E-state index contributed by atoms with van der Waals surface area (Å²) in [5.74, 6) is -0.904. The Labute approximate surface area is 203 Å². The SMILES string of the molecule is COc1cccc(-c2c(C)c(Cc3ccccc3F)c(C)n(CC(N)c3ccccc3)c2=O)c1F. The molecule has 1 unspecified atom stereocenters. The molecule has 0 amide bonds. The van der Waals surface area contributed by atoms with E-state index in [0.29, 0.717) is 16.8 Å². The number of nitrogens with zero attached hydrogens (tertiary/aromatic N) is 1. The van der Waals surface area contributed by atoms with Gasteiger partial charge in [-0.05, 0) is 48.2 Å². The smallest absolute Gasteiger partial charge is 0.259 e. The first-order valence-electron chi connectivity index (χ1n) is 11.4. The summed E-state index contributed by atoms with van der Waals surface area (Å²) in [4.78, 5) is 13.8.